The average molecular weight is 328 g/mol. The van der Waals surface area contributed by atoms with Gasteiger partial charge in [0, 0.05) is 56.3 Å². The highest BCUT2D eigenvalue weighted by Gasteiger charge is 2.11. The van der Waals surface area contributed by atoms with Crippen LogP contribution in [0.1, 0.15) is 0 Å². The zero-order valence-corrected chi connectivity index (χ0v) is 12.4. The highest BCUT2D eigenvalue weighted by atomic mass is 16.3. The largest absolute Gasteiger partial charge is 0.396 e. The number of rotatable bonds is 11. The van der Waals surface area contributed by atoms with Gasteiger partial charge in [-0.1, -0.05) is 0 Å². The first kappa shape index (κ1) is 18.8. The molecular formula is C11H20N8O4. The zero-order valence-electron chi connectivity index (χ0n) is 12.4. The van der Waals surface area contributed by atoms with Crippen LogP contribution in [0, 0.1) is 11.8 Å². The van der Waals surface area contributed by atoms with Crippen LogP contribution < -0.4 is 10.6 Å². The average Bonchev–Trinajstić information content (AvgIpc) is 2.57. The zero-order chi connectivity index (χ0) is 17.1. The highest BCUT2D eigenvalue weighted by Crippen LogP contribution is 2.13. The smallest absolute Gasteiger partial charge is 0.227 e. The molecule has 0 radical (unpaired) electrons. The van der Waals surface area contributed by atoms with E-state index in [9.17, 15) is 0 Å². The minimum atomic E-state index is -0.390. The summed E-state index contributed by atoms with van der Waals surface area (Å²) in [6.07, 6.45) is 0. The molecule has 0 unspecified atom stereocenters. The van der Waals surface area contributed by atoms with Crippen molar-refractivity contribution in [2.24, 2.45) is 17.0 Å². The fraction of sp³-hybridized carbons (Fsp3) is 0.727. The molecular weight excluding hydrogens is 308 g/mol. The summed E-state index contributed by atoms with van der Waals surface area (Å²) in [6, 6.07) is 0. The number of aromatic nitrogens is 3. The lowest BCUT2D eigenvalue weighted by Gasteiger charge is -2.14. The molecule has 23 heavy (non-hydrogen) atoms. The predicted octanol–water partition coefficient (Wildman–Crippen LogP) is -1.16. The summed E-state index contributed by atoms with van der Waals surface area (Å²) < 4.78 is 0. The maximum absolute atomic E-state index is 9.02. The van der Waals surface area contributed by atoms with Gasteiger partial charge in [0.05, 0.1) is 0 Å². The second kappa shape index (κ2) is 10.5. The number of nitrogens with zero attached hydrogens (tertiary/aromatic N) is 6. The molecule has 0 aliphatic heterocycles. The van der Waals surface area contributed by atoms with E-state index in [1.54, 1.807) is 0 Å². The SMILES string of the molecule is [N-]=[N+]=Nc1nc(NCC(CO)CO)nc(NCC(CO)CO)n1. The third-order valence-electron chi connectivity index (χ3n) is 2.89. The Kier molecular flexibility index (Phi) is 8.57. The first-order valence-electron chi connectivity index (χ1n) is 6.89. The molecule has 0 aromatic carbocycles. The Morgan fingerprint density at radius 3 is 1.65 bits per heavy atom. The van der Waals surface area contributed by atoms with Gasteiger partial charge in [-0.2, -0.15) is 15.0 Å². The minimum absolute atomic E-state index is 0.0985. The number of hydrogen-bond donors (Lipinski definition) is 6. The van der Waals surface area contributed by atoms with Crippen LogP contribution >= 0.6 is 0 Å². The summed E-state index contributed by atoms with van der Waals surface area (Å²) in [5, 5.41) is 45.0. The number of aliphatic hydroxyl groups excluding tert-OH is 4. The van der Waals surface area contributed by atoms with E-state index in [0.29, 0.717) is 0 Å². The lowest BCUT2D eigenvalue weighted by atomic mass is 10.2. The Balaban J connectivity index is 2.82. The van der Waals surface area contributed by atoms with Crippen molar-refractivity contribution in [1.82, 2.24) is 15.0 Å². The van der Waals surface area contributed by atoms with Gasteiger partial charge in [-0.3, -0.25) is 0 Å². The molecule has 1 aromatic rings. The molecule has 0 saturated heterocycles. The van der Waals surface area contributed by atoms with Gasteiger partial charge in [-0.15, -0.1) is 0 Å². The van der Waals surface area contributed by atoms with Crippen LogP contribution in [0.3, 0.4) is 0 Å². The maximum atomic E-state index is 9.02. The lowest BCUT2D eigenvalue weighted by molar-refractivity contribution is 0.157. The van der Waals surface area contributed by atoms with E-state index in [2.05, 4.69) is 35.6 Å². The van der Waals surface area contributed by atoms with Crippen molar-refractivity contribution in [3.8, 4) is 0 Å². The molecule has 0 amide bonds. The molecule has 0 aliphatic rings. The third kappa shape index (κ3) is 6.59. The first-order chi connectivity index (χ1) is 11.2. The molecule has 1 aromatic heterocycles. The number of anilines is 2. The van der Waals surface area contributed by atoms with Crippen molar-refractivity contribution in [2.45, 2.75) is 0 Å². The van der Waals surface area contributed by atoms with Crippen molar-refractivity contribution < 1.29 is 20.4 Å². The molecule has 128 valence electrons. The Morgan fingerprint density at radius 2 is 1.30 bits per heavy atom. The summed E-state index contributed by atoms with van der Waals surface area (Å²) in [7, 11) is 0. The van der Waals surface area contributed by atoms with Gasteiger partial charge in [0.15, 0.2) is 0 Å². The standard InChI is InChI=1S/C11H20N8O4/c12-19-18-11-16-9(13-1-7(3-20)4-21)15-10(17-11)14-2-8(5-22)6-23/h7-8,20-23H,1-6H2,(H2,13,14,15,16,17). The summed E-state index contributed by atoms with van der Waals surface area (Å²) in [5.74, 6) is -0.747. The fourth-order valence-corrected chi connectivity index (χ4v) is 1.45. The van der Waals surface area contributed by atoms with Crippen molar-refractivity contribution in [3.63, 3.8) is 0 Å². The number of nitrogens with one attached hydrogen (secondary N) is 2. The predicted molar refractivity (Wildman–Crippen MR) is 80.9 cm³/mol. The normalized spacial score (nSPS) is 10.7. The molecule has 0 saturated carbocycles. The molecule has 1 heterocycles. The third-order valence-corrected chi connectivity index (χ3v) is 2.89. The van der Waals surface area contributed by atoms with Gasteiger partial charge < -0.3 is 31.1 Å². The fourth-order valence-electron chi connectivity index (χ4n) is 1.45. The summed E-state index contributed by atoms with van der Waals surface area (Å²) >= 11 is 0. The van der Waals surface area contributed by atoms with Gasteiger partial charge in [0.25, 0.3) is 0 Å². The van der Waals surface area contributed by atoms with Crippen LogP contribution in [0.15, 0.2) is 5.11 Å². The van der Waals surface area contributed by atoms with Crippen LogP contribution in [0.5, 0.6) is 0 Å². The van der Waals surface area contributed by atoms with Crippen molar-refractivity contribution in [1.29, 1.82) is 0 Å². The van der Waals surface area contributed by atoms with E-state index in [1.807, 2.05) is 0 Å². The van der Waals surface area contributed by atoms with E-state index in [4.69, 9.17) is 26.0 Å². The van der Waals surface area contributed by atoms with Gasteiger partial charge in [0.2, 0.25) is 17.8 Å². The molecule has 12 heteroatoms. The Labute approximate surface area is 131 Å². The first-order valence-corrected chi connectivity index (χ1v) is 6.89. The van der Waals surface area contributed by atoms with E-state index >= 15 is 0 Å². The maximum Gasteiger partial charge on any atom is 0.227 e. The van der Waals surface area contributed by atoms with Gasteiger partial charge in [-0.25, -0.2) is 0 Å². The summed E-state index contributed by atoms with van der Waals surface area (Å²) in [6.45, 7) is -0.422. The Morgan fingerprint density at radius 1 is 0.870 bits per heavy atom. The molecule has 0 fully saturated rings. The Hall–Kier alpha value is -2.24. The molecule has 1 rings (SSSR count). The van der Waals surface area contributed by atoms with Crippen molar-refractivity contribution in [2.75, 3.05) is 50.2 Å². The van der Waals surface area contributed by atoms with Gasteiger partial charge in [0.1, 0.15) is 0 Å². The van der Waals surface area contributed by atoms with Crippen LogP contribution in [-0.2, 0) is 0 Å². The van der Waals surface area contributed by atoms with Crippen molar-refractivity contribution >= 4 is 17.8 Å². The van der Waals surface area contributed by atoms with E-state index < -0.39 is 0 Å². The quantitative estimate of drug-likeness (QED) is 0.165. The molecule has 6 N–H and O–H groups in total. The van der Waals surface area contributed by atoms with Crippen LogP contribution in [0.2, 0.25) is 0 Å². The van der Waals surface area contributed by atoms with E-state index in [0.717, 1.165) is 0 Å². The van der Waals surface area contributed by atoms with Crippen molar-refractivity contribution in [3.05, 3.63) is 10.4 Å². The molecule has 0 bridgehead atoms. The highest BCUT2D eigenvalue weighted by molar-refractivity contribution is 5.39. The number of hydrogen-bond acceptors (Lipinski definition) is 10. The topological polar surface area (TPSA) is 192 Å². The van der Waals surface area contributed by atoms with Crippen LogP contribution in [0.4, 0.5) is 17.8 Å². The van der Waals surface area contributed by atoms with Crippen LogP contribution in [0.25, 0.3) is 10.4 Å². The minimum Gasteiger partial charge on any atom is -0.396 e. The van der Waals surface area contributed by atoms with Gasteiger partial charge in [-0.05, 0) is 10.6 Å². The molecule has 12 nitrogen and oxygen atoms in total. The van der Waals surface area contributed by atoms with Gasteiger partial charge >= 0.3 is 0 Å². The monoisotopic (exact) mass is 328 g/mol. The second-order valence-electron chi connectivity index (χ2n) is 4.70. The number of aliphatic hydroxyl groups is 4. The summed E-state index contributed by atoms with van der Waals surface area (Å²) in [5.41, 5.74) is 8.47. The van der Waals surface area contributed by atoms with E-state index in [1.165, 1.54) is 0 Å². The van der Waals surface area contributed by atoms with E-state index in [-0.39, 0.29) is 69.2 Å². The molecule has 0 atom stereocenters. The Bertz CT molecular complexity index is 482. The lowest BCUT2D eigenvalue weighted by Crippen LogP contribution is -2.24. The summed E-state index contributed by atoms with van der Waals surface area (Å²) in [4.78, 5) is 14.4. The molecule has 0 spiro atoms. The van der Waals surface area contributed by atoms with Crippen LogP contribution in [-0.4, -0.2) is 74.9 Å². The molecule has 0 aliphatic carbocycles. The number of azide groups is 1. The second-order valence-corrected chi connectivity index (χ2v) is 4.70.